The highest BCUT2D eigenvalue weighted by atomic mass is 35.5. The lowest BCUT2D eigenvalue weighted by Crippen LogP contribution is -2.24. The van der Waals surface area contributed by atoms with Crippen molar-refractivity contribution in [1.29, 1.82) is 0 Å². The van der Waals surface area contributed by atoms with E-state index in [1.807, 2.05) is 19.1 Å². The molecule has 2 rings (SSSR count). The Labute approximate surface area is 122 Å². The van der Waals surface area contributed by atoms with Gasteiger partial charge in [0.2, 0.25) is 0 Å². The lowest BCUT2D eigenvalue weighted by Gasteiger charge is -2.20. The minimum atomic E-state index is -0.573. The minimum Gasteiger partial charge on any atom is -0.306 e. The van der Waals surface area contributed by atoms with Crippen molar-refractivity contribution in [2.24, 2.45) is 0 Å². The monoisotopic (exact) mass is 295 g/mol. The molecule has 0 heterocycles. The standard InChI is InChI=1S/C16H16ClF2N/c1-2-9-20-16(11-3-5-12(17)6-4-11)14-8-7-13(18)10-15(14)19/h3-8,10,16,20H,2,9H2,1H3. The van der Waals surface area contributed by atoms with Crippen molar-refractivity contribution < 1.29 is 8.78 Å². The maximum absolute atomic E-state index is 14.0. The van der Waals surface area contributed by atoms with Gasteiger partial charge in [-0.15, -0.1) is 0 Å². The lowest BCUT2D eigenvalue weighted by atomic mass is 9.98. The summed E-state index contributed by atoms with van der Waals surface area (Å²) in [6.07, 6.45) is 0.924. The van der Waals surface area contributed by atoms with E-state index in [1.54, 1.807) is 12.1 Å². The molecule has 1 nitrogen and oxygen atoms in total. The van der Waals surface area contributed by atoms with Gasteiger partial charge in [0.05, 0.1) is 6.04 Å². The van der Waals surface area contributed by atoms with Gasteiger partial charge in [-0.25, -0.2) is 8.78 Å². The first-order valence-corrected chi connectivity index (χ1v) is 6.93. The Hall–Kier alpha value is -1.45. The summed E-state index contributed by atoms with van der Waals surface area (Å²) in [5, 5.41) is 3.90. The molecule has 0 saturated heterocycles. The summed E-state index contributed by atoms with van der Waals surface area (Å²) in [6, 6.07) is 10.6. The molecule has 2 aromatic carbocycles. The van der Waals surface area contributed by atoms with E-state index in [1.165, 1.54) is 12.1 Å². The smallest absolute Gasteiger partial charge is 0.131 e. The summed E-state index contributed by atoms with van der Waals surface area (Å²) in [5.74, 6) is -1.12. The van der Waals surface area contributed by atoms with Gasteiger partial charge >= 0.3 is 0 Å². The van der Waals surface area contributed by atoms with Crippen LogP contribution in [0.1, 0.15) is 30.5 Å². The molecule has 0 spiro atoms. The first-order valence-electron chi connectivity index (χ1n) is 6.55. The van der Waals surface area contributed by atoms with E-state index in [2.05, 4.69) is 5.32 Å². The molecule has 106 valence electrons. The van der Waals surface area contributed by atoms with Crippen LogP contribution in [-0.4, -0.2) is 6.54 Å². The molecule has 1 atom stereocenters. The van der Waals surface area contributed by atoms with Gasteiger partial charge in [-0.3, -0.25) is 0 Å². The third kappa shape index (κ3) is 3.56. The number of hydrogen-bond acceptors (Lipinski definition) is 1. The van der Waals surface area contributed by atoms with Crippen LogP contribution in [0.3, 0.4) is 0 Å². The molecule has 1 unspecified atom stereocenters. The highest BCUT2D eigenvalue weighted by Crippen LogP contribution is 2.26. The van der Waals surface area contributed by atoms with Gasteiger partial charge in [0.1, 0.15) is 11.6 Å². The summed E-state index contributed by atoms with van der Waals surface area (Å²) in [4.78, 5) is 0. The van der Waals surface area contributed by atoms with E-state index in [0.29, 0.717) is 10.6 Å². The first kappa shape index (κ1) is 14.9. The van der Waals surface area contributed by atoms with Crippen LogP contribution in [0.5, 0.6) is 0 Å². The second kappa shape index (κ2) is 6.82. The average molecular weight is 296 g/mol. The maximum Gasteiger partial charge on any atom is 0.131 e. The Morgan fingerprint density at radius 1 is 1.10 bits per heavy atom. The van der Waals surface area contributed by atoms with Crippen molar-refractivity contribution in [2.45, 2.75) is 19.4 Å². The molecule has 0 aromatic heterocycles. The topological polar surface area (TPSA) is 12.0 Å². The van der Waals surface area contributed by atoms with Crippen molar-refractivity contribution in [3.8, 4) is 0 Å². The molecule has 0 radical (unpaired) electrons. The van der Waals surface area contributed by atoms with Gasteiger partial charge in [-0.1, -0.05) is 36.7 Å². The van der Waals surface area contributed by atoms with E-state index in [4.69, 9.17) is 11.6 Å². The predicted molar refractivity (Wildman–Crippen MR) is 77.9 cm³/mol. The molecule has 0 fully saturated rings. The zero-order valence-electron chi connectivity index (χ0n) is 11.2. The van der Waals surface area contributed by atoms with Crippen molar-refractivity contribution in [3.63, 3.8) is 0 Å². The Balaban J connectivity index is 2.38. The molecule has 4 heteroatoms. The van der Waals surface area contributed by atoms with Gasteiger partial charge in [-0.2, -0.15) is 0 Å². The highest BCUT2D eigenvalue weighted by Gasteiger charge is 2.17. The first-order chi connectivity index (χ1) is 9.61. The van der Waals surface area contributed by atoms with E-state index in [0.717, 1.165) is 24.6 Å². The quantitative estimate of drug-likeness (QED) is 0.842. The zero-order valence-corrected chi connectivity index (χ0v) is 11.9. The molecule has 1 N–H and O–H groups in total. The Bertz CT molecular complexity index is 569. The summed E-state index contributed by atoms with van der Waals surface area (Å²) >= 11 is 5.87. The average Bonchev–Trinajstić information content (AvgIpc) is 2.42. The fourth-order valence-electron chi connectivity index (χ4n) is 2.09. The molecule has 0 bridgehead atoms. The van der Waals surface area contributed by atoms with E-state index >= 15 is 0 Å². The normalized spacial score (nSPS) is 12.4. The highest BCUT2D eigenvalue weighted by molar-refractivity contribution is 6.30. The Kier molecular flexibility index (Phi) is 5.10. The maximum atomic E-state index is 14.0. The van der Waals surface area contributed by atoms with Crippen LogP contribution in [0.2, 0.25) is 5.02 Å². The molecule has 0 aliphatic heterocycles. The molecular weight excluding hydrogens is 280 g/mol. The third-order valence-electron chi connectivity index (χ3n) is 3.08. The molecule has 0 saturated carbocycles. The summed E-state index contributed by atoms with van der Waals surface area (Å²) in [5.41, 5.74) is 1.33. The van der Waals surface area contributed by atoms with Crippen LogP contribution < -0.4 is 5.32 Å². The van der Waals surface area contributed by atoms with Gasteiger partial charge < -0.3 is 5.32 Å². The molecule has 0 amide bonds. The van der Waals surface area contributed by atoms with Crippen LogP contribution in [0.15, 0.2) is 42.5 Å². The SMILES string of the molecule is CCCNC(c1ccc(Cl)cc1)c1ccc(F)cc1F. The van der Waals surface area contributed by atoms with Crippen LogP contribution in [-0.2, 0) is 0 Å². The van der Waals surface area contributed by atoms with E-state index < -0.39 is 11.6 Å². The van der Waals surface area contributed by atoms with E-state index in [9.17, 15) is 8.78 Å². The molecular formula is C16H16ClF2N. The largest absolute Gasteiger partial charge is 0.306 e. The zero-order chi connectivity index (χ0) is 14.5. The number of nitrogens with one attached hydrogen (secondary N) is 1. The fourth-order valence-corrected chi connectivity index (χ4v) is 2.21. The number of hydrogen-bond donors (Lipinski definition) is 1. The Morgan fingerprint density at radius 2 is 1.80 bits per heavy atom. The molecule has 20 heavy (non-hydrogen) atoms. The Morgan fingerprint density at radius 3 is 2.40 bits per heavy atom. The van der Waals surface area contributed by atoms with E-state index in [-0.39, 0.29) is 6.04 Å². The summed E-state index contributed by atoms with van der Waals surface area (Å²) < 4.78 is 27.0. The van der Waals surface area contributed by atoms with Crippen LogP contribution in [0.25, 0.3) is 0 Å². The second-order valence-electron chi connectivity index (χ2n) is 4.60. The van der Waals surface area contributed by atoms with Gasteiger partial charge in [-0.05, 0) is 36.7 Å². The van der Waals surface area contributed by atoms with Crippen LogP contribution >= 0.6 is 11.6 Å². The third-order valence-corrected chi connectivity index (χ3v) is 3.33. The van der Waals surface area contributed by atoms with Crippen molar-refractivity contribution in [1.82, 2.24) is 5.32 Å². The summed E-state index contributed by atoms with van der Waals surface area (Å²) in [7, 11) is 0. The lowest BCUT2D eigenvalue weighted by molar-refractivity contribution is 0.533. The molecule has 0 aliphatic carbocycles. The summed E-state index contributed by atoms with van der Waals surface area (Å²) in [6.45, 7) is 2.77. The fraction of sp³-hybridized carbons (Fsp3) is 0.250. The molecule has 2 aromatic rings. The second-order valence-corrected chi connectivity index (χ2v) is 5.04. The van der Waals surface area contributed by atoms with Crippen LogP contribution in [0.4, 0.5) is 8.78 Å². The van der Waals surface area contributed by atoms with Gasteiger partial charge in [0, 0.05) is 16.7 Å². The van der Waals surface area contributed by atoms with Crippen molar-refractivity contribution in [3.05, 3.63) is 70.2 Å². The number of benzene rings is 2. The van der Waals surface area contributed by atoms with Crippen molar-refractivity contribution in [2.75, 3.05) is 6.54 Å². The van der Waals surface area contributed by atoms with Crippen LogP contribution in [0, 0.1) is 11.6 Å². The van der Waals surface area contributed by atoms with Crippen molar-refractivity contribution >= 4 is 11.6 Å². The predicted octanol–water partition coefficient (Wildman–Crippen LogP) is 4.71. The number of rotatable bonds is 5. The molecule has 0 aliphatic rings. The number of halogens is 3. The van der Waals surface area contributed by atoms with Gasteiger partial charge in [0.25, 0.3) is 0 Å². The minimum absolute atomic E-state index is 0.312. The van der Waals surface area contributed by atoms with Gasteiger partial charge in [0.15, 0.2) is 0 Å².